The van der Waals surface area contributed by atoms with Crippen LogP contribution < -0.4 is 9.47 Å². The molecule has 0 aliphatic carbocycles. The van der Waals surface area contributed by atoms with Crippen molar-refractivity contribution in [1.82, 2.24) is 0 Å². The average Bonchev–Trinajstić information content (AvgIpc) is 2.37. The molecule has 1 aromatic rings. The molecule has 19 heavy (non-hydrogen) atoms. The number of rotatable bonds is 6. The smallest absolute Gasteiger partial charge is 0.302 e. The number of Topliss-reactive ketones (excluding diaryl/α,β-unsaturated/α-hetero) is 1. The van der Waals surface area contributed by atoms with Gasteiger partial charge in [0.2, 0.25) is 0 Å². The van der Waals surface area contributed by atoms with Crippen molar-refractivity contribution in [3.63, 3.8) is 0 Å². The van der Waals surface area contributed by atoms with Gasteiger partial charge in [-0.3, -0.25) is 9.59 Å². The monoisotopic (exact) mass is 266 g/mol. The van der Waals surface area contributed by atoms with E-state index in [2.05, 4.69) is 0 Å². The molecule has 0 unspecified atom stereocenters. The van der Waals surface area contributed by atoms with E-state index in [1.165, 1.54) is 14.0 Å². The van der Waals surface area contributed by atoms with E-state index in [0.29, 0.717) is 17.1 Å². The van der Waals surface area contributed by atoms with Crippen LogP contribution in [0, 0.1) is 6.92 Å². The predicted octanol–water partition coefficient (Wildman–Crippen LogP) is 2.15. The van der Waals surface area contributed by atoms with Crippen LogP contribution in [0.5, 0.6) is 11.5 Å². The number of methoxy groups -OCH3 is 2. The highest BCUT2D eigenvalue weighted by Crippen LogP contribution is 2.32. The fraction of sp³-hybridized carbons (Fsp3) is 0.429. The molecular formula is C14H18O5. The number of aryl methyl sites for hydroxylation is 1. The Morgan fingerprint density at radius 1 is 1.16 bits per heavy atom. The van der Waals surface area contributed by atoms with Crippen LogP contribution in [0.1, 0.15) is 29.3 Å². The molecule has 1 rings (SSSR count). The van der Waals surface area contributed by atoms with Crippen LogP contribution in [-0.2, 0) is 9.53 Å². The number of benzene rings is 1. The molecule has 0 amide bonds. The maximum absolute atomic E-state index is 12.0. The van der Waals surface area contributed by atoms with Crippen molar-refractivity contribution < 1.29 is 23.8 Å². The fourth-order valence-electron chi connectivity index (χ4n) is 1.75. The maximum Gasteiger partial charge on any atom is 0.302 e. The second kappa shape index (κ2) is 6.78. The first-order chi connectivity index (χ1) is 8.99. The molecule has 0 aromatic heterocycles. The van der Waals surface area contributed by atoms with Gasteiger partial charge in [0.1, 0.15) is 0 Å². The van der Waals surface area contributed by atoms with Crippen molar-refractivity contribution in [2.24, 2.45) is 0 Å². The van der Waals surface area contributed by atoms with Crippen LogP contribution in [0.4, 0.5) is 0 Å². The SMILES string of the molecule is COc1cc(C(=O)CCOC(C)=O)cc(C)c1OC. The van der Waals surface area contributed by atoms with Crippen molar-refractivity contribution in [3.8, 4) is 11.5 Å². The molecule has 0 aliphatic rings. The third-order valence-electron chi connectivity index (χ3n) is 2.62. The van der Waals surface area contributed by atoms with E-state index in [0.717, 1.165) is 5.56 Å². The molecule has 0 heterocycles. The summed E-state index contributed by atoms with van der Waals surface area (Å²) in [5, 5.41) is 0. The number of ether oxygens (including phenoxy) is 3. The van der Waals surface area contributed by atoms with Gasteiger partial charge in [0, 0.05) is 18.9 Å². The minimum absolute atomic E-state index is 0.0849. The lowest BCUT2D eigenvalue weighted by molar-refractivity contribution is -0.140. The first kappa shape index (κ1) is 15.0. The lowest BCUT2D eigenvalue weighted by atomic mass is 10.0. The molecule has 0 fully saturated rings. The van der Waals surface area contributed by atoms with E-state index in [1.807, 2.05) is 6.92 Å². The Hall–Kier alpha value is -2.04. The molecule has 104 valence electrons. The maximum atomic E-state index is 12.0. The predicted molar refractivity (Wildman–Crippen MR) is 69.9 cm³/mol. The number of carbonyl (C=O) groups excluding carboxylic acids is 2. The summed E-state index contributed by atoms with van der Waals surface area (Å²) in [7, 11) is 3.07. The molecule has 0 N–H and O–H groups in total. The number of hydrogen-bond donors (Lipinski definition) is 0. The number of ketones is 1. The van der Waals surface area contributed by atoms with Gasteiger partial charge in [-0.15, -0.1) is 0 Å². The van der Waals surface area contributed by atoms with E-state index in [4.69, 9.17) is 14.2 Å². The van der Waals surface area contributed by atoms with Gasteiger partial charge in [-0.05, 0) is 24.6 Å². The number of carbonyl (C=O) groups is 2. The van der Waals surface area contributed by atoms with Crippen LogP contribution in [0.15, 0.2) is 12.1 Å². The summed E-state index contributed by atoms with van der Waals surface area (Å²) in [5.41, 5.74) is 1.33. The van der Waals surface area contributed by atoms with Gasteiger partial charge in [0.25, 0.3) is 0 Å². The first-order valence-electron chi connectivity index (χ1n) is 5.88. The van der Waals surface area contributed by atoms with E-state index in [-0.39, 0.29) is 18.8 Å². The minimum atomic E-state index is -0.392. The van der Waals surface area contributed by atoms with E-state index in [1.54, 1.807) is 19.2 Å². The molecule has 0 saturated heterocycles. The highest BCUT2D eigenvalue weighted by molar-refractivity contribution is 5.97. The lowest BCUT2D eigenvalue weighted by Gasteiger charge is -2.12. The Balaban J connectivity index is 2.86. The Bertz CT molecular complexity index is 479. The quantitative estimate of drug-likeness (QED) is 0.583. The van der Waals surface area contributed by atoms with Crippen molar-refractivity contribution in [2.75, 3.05) is 20.8 Å². The molecule has 1 aromatic carbocycles. The molecule has 0 bridgehead atoms. The van der Waals surface area contributed by atoms with Crippen LogP contribution >= 0.6 is 0 Å². The summed E-state index contributed by atoms with van der Waals surface area (Å²) in [6.07, 6.45) is 0.147. The molecule has 5 nitrogen and oxygen atoms in total. The zero-order valence-electron chi connectivity index (χ0n) is 11.6. The standard InChI is InChI=1S/C14H18O5/c1-9-7-11(8-13(17-3)14(9)18-4)12(16)5-6-19-10(2)15/h7-8H,5-6H2,1-4H3. The summed E-state index contributed by atoms with van der Waals surface area (Å²) in [4.78, 5) is 22.6. The lowest BCUT2D eigenvalue weighted by Crippen LogP contribution is -2.08. The van der Waals surface area contributed by atoms with Crippen LogP contribution in [0.2, 0.25) is 0 Å². The summed E-state index contributed by atoms with van der Waals surface area (Å²) in [6.45, 7) is 3.23. The average molecular weight is 266 g/mol. The second-order valence-electron chi connectivity index (χ2n) is 4.04. The van der Waals surface area contributed by atoms with E-state index in [9.17, 15) is 9.59 Å². The highest BCUT2D eigenvalue weighted by Gasteiger charge is 2.14. The van der Waals surface area contributed by atoms with Gasteiger partial charge in [-0.2, -0.15) is 0 Å². The van der Waals surface area contributed by atoms with Gasteiger partial charge in [-0.1, -0.05) is 0 Å². The molecule has 0 radical (unpaired) electrons. The summed E-state index contributed by atoms with van der Waals surface area (Å²) < 4.78 is 15.1. The van der Waals surface area contributed by atoms with Gasteiger partial charge >= 0.3 is 5.97 Å². The summed E-state index contributed by atoms with van der Waals surface area (Å²) in [6, 6.07) is 3.36. The highest BCUT2D eigenvalue weighted by atomic mass is 16.5. The van der Waals surface area contributed by atoms with Gasteiger partial charge < -0.3 is 14.2 Å². The van der Waals surface area contributed by atoms with Gasteiger partial charge in [0.15, 0.2) is 17.3 Å². The van der Waals surface area contributed by atoms with Crippen LogP contribution in [0.25, 0.3) is 0 Å². The first-order valence-corrected chi connectivity index (χ1v) is 5.88. The third-order valence-corrected chi connectivity index (χ3v) is 2.62. The zero-order chi connectivity index (χ0) is 14.4. The Morgan fingerprint density at radius 3 is 2.37 bits per heavy atom. The van der Waals surface area contributed by atoms with Crippen LogP contribution in [-0.4, -0.2) is 32.6 Å². The summed E-state index contributed by atoms with van der Waals surface area (Å²) in [5.74, 6) is 0.624. The summed E-state index contributed by atoms with van der Waals surface area (Å²) >= 11 is 0. The Kier molecular flexibility index (Phi) is 5.36. The second-order valence-corrected chi connectivity index (χ2v) is 4.04. The largest absolute Gasteiger partial charge is 0.493 e. The fourth-order valence-corrected chi connectivity index (χ4v) is 1.75. The number of esters is 1. The number of hydrogen-bond acceptors (Lipinski definition) is 5. The zero-order valence-corrected chi connectivity index (χ0v) is 11.6. The Morgan fingerprint density at radius 2 is 1.84 bits per heavy atom. The molecule has 5 heteroatoms. The molecule has 0 atom stereocenters. The van der Waals surface area contributed by atoms with E-state index >= 15 is 0 Å². The minimum Gasteiger partial charge on any atom is -0.493 e. The Labute approximate surface area is 112 Å². The third kappa shape index (κ3) is 3.98. The molecule has 0 saturated carbocycles. The molecule has 0 aliphatic heterocycles. The van der Waals surface area contributed by atoms with Crippen molar-refractivity contribution in [1.29, 1.82) is 0 Å². The van der Waals surface area contributed by atoms with Gasteiger partial charge in [-0.25, -0.2) is 0 Å². The van der Waals surface area contributed by atoms with Gasteiger partial charge in [0.05, 0.1) is 20.8 Å². The normalized spacial score (nSPS) is 9.89. The molecular weight excluding hydrogens is 248 g/mol. The van der Waals surface area contributed by atoms with Crippen molar-refractivity contribution in [2.45, 2.75) is 20.3 Å². The van der Waals surface area contributed by atoms with Crippen molar-refractivity contribution in [3.05, 3.63) is 23.3 Å². The van der Waals surface area contributed by atoms with E-state index < -0.39 is 5.97 Å². The molecule has 0 spiro atoms. The van der Waals surface area contributed by atoms with Crippen molar-refractivity contribution >= 4 is 11.8 Å². The van der Waals surface area contributed by atoms with Crippen LogP contribution in [0.3, 0.4) is 0 Å². The topological polar surface area (TPSA) is 61.8 Å².